The molecule has 1 aliphatic heterocycles. The van der Waals surface area contributed by atoms with Gasteiger partial charge in [0.1, 0.15) is 17.5 Å². The molecule has 21 heavy (non-hydrogen) atoms. The number of hydrogen-bond donors (Lipinski definition) is 1. The summed E-state index contributed by atoms with van der Waals surface area (Å²) >= 11 is 0. The van der Waals surface area contributed by atoms with Gasteiger partial charge in [0.2, 0.25) is 0 Å². The number of ether oxygens (including phenoxy) is 2. The van der Waals surface area contributed by atoms with Crippen molar-refractivity contribution in [2.24, 2.45) is 5.92 Å². The van der Waals surface area contributed by atoms with E-state index in [-0.39, 0.29) is 12.0 Å². The summed E-state index contributed by atoms with van der Waals surface area (Å²) < 4.78 is 11.2. The van der Waals surface area contributed by atoms with Crippen LogP contribution >= 0.6 is 0 Å². The van der Waals surface area contributed by atoms with E-state index in [1.54, 1.807) is 6.20 Å². The molecule has 2 atom stereocenters. The fraction of sp³-hybridized carbons (Fsp3) is 0.625. The van der Waals surface area contributed by atoms with Crippen molar-refractivity contribution in [3.05, 3.63) is 24.0 Å². The Balaban J connectivity index is 2.04. The Morgan fingerprint density at radius 3 is 2.81 bits per heavy atom. The van der Waals surface area contributed by atoms with E-state index >= 15 is 0 Å². The Morgan fingerprint density at radius 2 is 2.19 bits per heavy atom. The number of alkyl carbamates (subject to hydrolysis) is 1. The molecule has 0 bridgehead atoms. The maximum Gasteiger partial charge on any atom is 0.407 e. The molecule has 0 fully saturated rings. The average Bonchev–Trinajstić information content (AvgIpc) is 2.73. The molecule has 5 heteroatoms. The van der Waals surface area contributed by atoms with Crippen LogP contribution in [0.15, 0.2) is 18.3 Å². The molecule has 0 unspecified atom stereocenters. The highest BCUT2D eigenvalue weighted by Crippen LogP contribution is 2.38. The number of rotatable bonds is 3. The van der Waals surface area contributed by atoms with Gasteiger partial charge in [-0.2, -0.15) is 0 Å². The molecule has 1 N–H and O–H groups in total. The second-order valence-corrected chi connectivity index (χ2v) is 6.70. The van der Waals surface area contributed by atoms with Crippen molar-refractivity contribution in [1.29, 1.82) is 0 Å². The summed E-state index contributed by atoms with van der Waals surface area (Å²) in [6, 6.07) is 3.78. The second kappa shape index (κ2) is 5.92. The zero-order valence-electron chi connectivity index (χ0n) is 13.3. The normalized spacial score (nSPS) is 20.9. The number of nitrogens with one attached hydrogen (secondary N) is 1. The van der Waals surface area contributed by atoms with Gasteiger partial charge >= 0.3 is 6.09 Å². The van der Waals surface area contributed by atoms with Crippen molar-refractivity contribution >= 4 is 6.09 Å². The molecule has 1 aliphatic rings. The fourth-order valence-corrected chi connectivity index (χ4v) is 2.49. The standard InChI is InChI=1S/C16H24N2O3/c1-10(2)14-11(9-18-15(19)21-16(3,4)5)13-12(20-14)7-6-8-17-13/h6-8,10-11,14H,9H2,1-5H3,(H,18,19)/t11-,14+/m0/s1. The quantitative estimate of drug-likeness (QED) is 0.930. The van der Waals surface area contributed by atoms with Crippen molar-refractivity contribution in [1.82, 2.24) is 10.3 Å². The van der Waals surface area contributed by atoms with E-state index in [1.165, 1.54) is 0 Å². The Morgan fingerprint density at radius 1 is 1.48 bits per heavy atom. The molecule has 0 radical (unpaired) electrons. The van der Waals surface area contributed by atoms with Crippen molar-refractivity contribution in [2.45, 2.75) is 52.2 Å². The minimum absolute atomic E-state index is 0.0184. The van der Waals surface area contributed by atoms with Gasteiger partial charge in [-0.3, -0.25) is 4.98 Å². The Bertz CT molecular complexity index is 508. The molecule has 1 amide bonds. The van der Waals surface area contributed by atoms with Crippen LogP contribution in [0.5, 0.6) is 5.75 Å². The lowest BCUT2D eigenvalue weighted by Crippen LogP contribution is -2.38. The van der Waals surface area contributed by atoms with Crippen LogP contribution in [0.4, 0.5) is 4.79 Å². The lowest BCUT2D eigenvalue weighted by atomic mass is 9.92. The molecule has 2 heterocycles. The summed E-state index contributed by atoms with van der Waals surface area (Å²) in [7, 11) is 0. The maximum atomic E-state index is 11.8. The van der Waals surface area contributed by atoms with E-state index in [0.717, 1.165) is 11.4 Å². The molecule has 0 saturated heterocycles. The van der Waals surface area contributed by atoms with Crippen LogP contribution in [-0.4, -0.2) is 29.3 Å². The number of nitrogens with zero attached hydrogens (tertiary/aromatic N) is 1. The number of amides is 1. The van der Waals surface area contributed by atoms with Crippen molar-refractivity contribution in [2.75, 3.05) is 6.54 Å². The maximum absolute atomic E-state index is 11.8. The van der Waals surface area contributed by atoms with E-state index in [9.17, 15) is 4.79 Å². The number of pyridine rings is 1. The predicted molar refractivity (Wildman–Crippen MR) is 80.5 cm³/mol. The van der Waals surface area contributed by atoms with Crippen LogP contribution in [0.1, 0.15) is 46.2 Å². The molecular formula is C16H24N2O3. The monoisotopic (exact) mass is 292 g/mol. The summed E-state index contributed by atoms with van der Waals surface area (Å²) in [6.45, 7) is 10.2. The second-order valence-electron chi connectivity index (χ2n) is 6.70. The number of fused-ring (bicyclic) bond motifs is 1. The van der Waals surface area contributed by atoms with Crippen molar-refractivity contribution < 1.29 is 14.3 Å². The first-order valence-electron chi connectivity index (χ1n) is 7.36. The van der Waals surface area contributed by atoms with Crippen LogP contribution in [0, 0.1) is 5.92 Å². The highest BCUT2D eigenvalue weighted by molar-refractivity contribution is 5.67. The van der Waals surface area contributed by atoms with E-state index < -0.39 is 11.7 Å². The molecule has 116 valence electrons. The van der Waals surface area contributed by atoms with Crippen LogP contribution < -0.4 is 10.1 Å². The third-order valence-electron chi connectivity index (χ3n) is 3.33. The van der Waals surface area contributed by atoms with Gasteiger partial charge in [-0.25, -0.2) is 4.79 Å². The van der Waals surface area contributed by atoms with Gasteiger partial charge in [0.15, 0.2) is 0 Å². The Hall–Kier alpha value is -1.78. The largest absolute Gasteiger partial charge is 0.487 e. The first-order chi connectivity index (χ1) is 9.78. The highest BCUT2D eigenvalue weighted by Gasteiger charge is 2.37. The lowest BCUT2D eigenvalue weighted by Gasteiger charge is -2.24. The number of hydrogen-bond acceptors (Lipinski definition) is 4. The minimum Gasteiger partial charge on any atom is -0.487 e. The highest BCUT2D eigenvalue weighted by atomic mass is 16.6. The smallest absolute Gasteiger partial charge is 0.407 e. The van der Waals surface area contributed by atoms with Gasteiger partial charge in [-0.15, -0.1) is 0 Å². The molecule has 2 rings (SSSR count). The van der Waals surface area contributed by atoms with E-state index in [4.69, 9.17) is 9.47 Å². The van der Waals surface area contributed by atoms with Gasteiger partial charge in [0, 0.05) is 12.7 Å². The van der Waals surface area contributed by atoms with E-state index in [1.807, 2.05) is 32.9 Å². The Kier molecular flexibility index (Phi) is 4.40. The summed E-state index contributed by atoms with van der Waals surface area (Å²) in [4.78, 5) is 16.2. The summed E-state index contributed by atoms with van der Waals surface area (Å²) in [6.07, 6.45) is 1.37. The number of carbonyl (C=O) groups is 1. The van der Waals surface area contributed by atoms with Crippen LogP contribution in [-0.2, 0) is 4.74 Å². The molecule has 1 aromatic rings. The molecule has 0 aromatic carbocycles. The van der Waals surface area contributed by atoms with E-state index in [2.05, 4.69) is 24.1 Å². The lowest BCUT2D eigenvalue weighted by molar-refractivity contribution is 0.0513. The van der Waals surface area contributed by atoms with Gasteiger partial charge in [0.05, 0.1) is 11.6 Å². The zero-order valence-corrected chi connectivity index (χ0v) is 13.3. The summed E-state index contributed by atoms with van der Waals surface area (Å²) in [5, 5.41) is 2.83. The number of carbonyl (C=O) groups excluding carboxylic acids is 1. The van der Waals surface area contributed by atoms with Gasteiger partial charge in [-0.1, -0.05) is 13.8 Å². The van der Waals surface area contributed by atoms with E-state index in [0.29, 0.717) is 12.5 Å². The van der Waals surface area contributed by atoms with Crippen molar-refractivity contribution in [3.8, 4) is 5.75 Å². The first-order valence-corrected chi connectivity index (χ1v) is 7.36. The van der Waals surface area contributed by atoms with Crippen molar-refractivity contribution in [3.63, 3.8) is 0 Å². The van der Waals surface area contributed by atoms with Gasteiger partial charge in [-0.05, 0) is 38.8 Å². The molecule has 5 nitrogen and oxygen atoms in total. The molecule has 0 aliphatic carbocycles. The third kappa shape index (κ3) is 3.86. The first kappa shape index (κ1) is 15.6. The summed E-state index contributed by atoms with van der Waals surface area (Å²) in [5.74, 6) is 1.20. The Labute approximate surface area is 126 Å². The van der Waals surface area contributed by atoms with Gasteiger partial charge < -0.3 is 14.8 Å². The minimum atomic E-state index is -0.496. The van der Waals surface area contributed by atoms with Crippen LogP contribution in [0.25, 0.3) is 0 Å². The molecule has 0 saturated carbocycles. The topological polar surface area (TPSA) is 60.5 Å². The predicted octanol–water partition coefficient (Wildman–Crippen LogP) is 3.11. The third-order valence-corrected chi connectivity index (χ3v) is 3.33. The SMILES string of the molecule is CC(C)[C@H]1Oc2cccnc2[C@@H]1CNC(=O)OC(C)(C)C. The van der Waals surface area contributed by atoms with Gasteiger partial charge in [0.25, 0.3) is 0 Å². The molecule has 0 spiro atoms. The fourth-order valence-electron chi connectivity index (χ4n) is 2.49. The average molecular weight is 292 g/mol. The van der Waals surface area contributed by atoms with Crippen LogP contribution in [0.2, 0.25) is 0 Å². The molecular weight excluding hydrogens is 268 g/mol. The zero-order chi connectivity index (χ0) is 15.6. The summed E-state index contributed by atoms with van der Waals surface area (Å²) in [5.41, 5.74) is 0.413. The van der Waals surface area contributed by atoms with Crippen LogP contribution in [0.3, 0.4) is 0 Å². The number of aromatic nitrogens is 1. The molecule has 1 aromatic heterocycles.